The van der Waals surface area contributed by atoms with Gasteiger partial charge in [0, 0.05) is 13.1 Å². The zero-order chi connectivity index (χ0) is 20.8. The van der Waals surface area contributed by atoms with Gasteiger partial charge in [0.2, 0.25) is 15.9 Å². The zero-order valence-electron chi connectivity index (χ0n) is 15.3. The highest BCUT2D eigenvalue weighted by molar-refractivity contribution is 7.91. The van der Waals surface area contributed by atoms with Crippen molar-refractivity contribution >= 4 is 31.9 Å². The van der Waals surface area contributed by atoms with Gasteiger partial charge in [0.1, 0.15) is 4.90 Å². The van der Waals surface area contributed by atoms with E-state index >= 15 is 0 Å². The zero-order valence-corrected chi connectivity index (χ0v) is 16.9. The maximum absolute atomic E-state index is 13.0. The van der Waals surface area contributed by atoms with Crippen molar-refractivity contribution < 1.29 is 26.4 Å². The third kappa shape index (κ3) is 3.17. The molecule has 2 heterocycles. The Kier molecular flexibility index (Phi) is 4.80. The topological polar surface area (TPSA) is 109 Å². The van der Waals surface area contributed by atoms with Gasteiger partial charge < -0.3 is 0 Å². The number of hydrogen-bond acceptors (Lipinski definition) is 6. The Morgan fingerprint density at radius 3 is 2.34 bits per heavy atom. The fourth-order valence-corrected chi connectivity index (χ4v) is 6.80. The van der Waals surface area contributed by atoms with Gasteiger partial charge in [0.15, 0.2) is 0 Å². The van der Waals surface area contributed by atoms with Gasteiger partial charge in [0.05, 0.1) is 16.4 Å². The number of sulfonamides is 2. The van der Waals surface area contributed by atoms with Crippen LogP contribution in [0.4, 0.5) is 0 Å². The van der Waals surface area contributed by atoms with Crippen LogP contribution in [0.15, 0.2) is 64.4 Å². The highest BCUT2D eigenvalue weighted by Crippen LogP contribution is 2.33. The first-order valence-electron chi connectivity index (χ1n) is 9.02. The van der Waals surface area contributed by atoms with Gasteiger partial charge in [-0.3, -0.25) is 9.59 Å². The molecule has 1 atom stereocenters. The van der Waals surface area contributed by atoms with Gasteiger partial charge >= 0.3 is 0 Å². The smallest absolute Gasteiger partial charge is 0.273 e. The fraction of sp³-hybridized carbons (Fsp3) is 0.263. The molecule has 1 saturated heterocycles. The SMILES string of the molecule is O=C1c2ccccc2S(=O)(=O)N1C(=O)C1CCCN(S(=O)(=O)c2ccccc2)C1. The summed E-state index contributed by atoms with van der Waals surface area (Å²) in [6, 6.07) is 13.5. The van der Waals surface area contributed by atoms with Gasteiger partial charge in [0.25, 0.3) is 15.9 Å². The summed E-state index contributed by atoms with van der Waals surface area (Å²) >= 11 is 0. The lowest BCUT2D eigenvalue weighted by molar-refractivity contribution is -0.129. The second kappa shape index (κ2) is 7.05. The largest absolute Gasteiger partial charge is 0.276 e. The molecule has 2 aliphatic heterocycles. The molecular weight excluding hydrogens is 416 g/mol. The van der Waals surface area contributed by atoms with Crippen molar-refractivity contribution in [3.05, 3.63) is 60.2 Å². The van der Waals surface area contributed by atoms with E-state index < -0.39 is 37.8 Å². The molecule has 2 aliphatic rings. The third-order valence-corrected chi connectivity index (χ3v) is 8.75. The monoisotopic (exact) mass is 434 g/mol. The normalized spacial score (nSPS) is 21.7. The van der Waals surface area contributed by atoms with Gasteiger partial charge in [-0.2, -0.15) is 8.61 Å². The Morgan fingerprint density at radius 1 is 1.00 bits per heavy atom. The lowest BCUT2D eigenvalue weighted by Gasteiger charge is -2.32. The molecule has 2 aromatic carbocycles. The molecule has 0 aliphatic carbocycles. The van der Waals surface area contributed by atoms with E-state index in [9.17, 15) is 26.4 Å². The van der Waals surface area contributed by atoms with Crippen LogP contribution in [0.1, 0.15) is 23.2 Å². The Bertz CT molecular complexity index is 1190. The maximum Gasteiger partial charge on any atom is 0.276 e. The first kappa shape index (κ1) is 19.7. The first-order chi connectivity index (χ1) is 13.7. The molecule has 8 nitrogen and oxygen atoms in total. The quantitative estimate of drug-likeness (QED) is 0.677. The standard InChI is InChI=1S/C19H18N2O6S2/c22-18(21-19(23)16-10-4-5-11-17(16)29(21,26)27)14-7-6-12-20(13-14)28(24,25)15-8-2-1-3-9-15/h1-5,8-11,14H,6-7,12-13H2. The Morgan fingerprint density at radius 2 is 1.66 bits per heavy atom. The molecule has 1 fully saturated rings. The van der Waals surface area contributed by atoms with Gasteiger partial charge in [-0.15, -0.1) is 0 Å². The van der Waals surface area contributed by atoms with Crippen molar-refractivity contribution in [3.63, 3.8) is 0 Å². The van der Waals surface area contributed by atoms with E-state index in [0.29, 0.717) is 17.1 Å². The van der Waals surface area contributed by atoms with Crippen LogP contribution >= 0.6 is 0 Å². The summed E-state index contributed by atoms with van der Waals surface area (Å²) in [7, 11) is -8.10. The first-order valence-corrected chi connectivity index (χ1v) is 11.9. The maximum atomic E-state index is 13.0. The number of rotatable bonds is 3. The van der Waals surface area contributed by atoms with E-state index in [1.54, 1.807) is 18.2 Å². The van der Waals surface area contributed by atoms with E-state index in [1.165, 1.54) is 40.7 Å². The lowest BCUT2D eigenvalue weighted by Crippen LogP contribution is -2.48. The van der Waals surface area contributed by atoms with Crippen molar-refractivity contribution in [2.24, 2.45) is 5.92 Å². The summed E-state index contributed by atoms with van der Waals surface area (Å²) in [5, 5.41) is 0. The van der Waals surface area contributed by atoms with Crippen LogP contribution in [0.2, 0.25) is 0 Å². The molecule has 0 aromatic heterocycles. The van der Waals surface area contributed by atoms with Crippen molar-refractivity contribution in [2.45, 2.75) is 22.6 Å². The summed E-state index contributed by atoms with van der Waals surface area (Å²) in [4.78, 5) is 25.5. The molecule has 10 heteroatoms. The van der Waals surface area contributed by atoms with Gasteiger partial charge in [-0.25, -0.2) is 16.8 Å². The van der Waals surface area contributed by atoms with E-state index in [2.05, 4.69) is 0 Å². The van der Waals surface area contributed by atoms with Gasteiger partial charge in [-0.1, -0.05) is 30.3 Å². The molecule has 0 bridgehead atoms. The van der Waals surface area contributed by atoms with Crippen LogP contribution in [0, 0.1) is 5.92 Å². The van der Waals surface area contributed by atoms with E-state index in [-0.39, 0.29) is 28.4 Å². The van der Waals surface area contributed by atoms with Crippen molar-refractivity contribution in [1.29, 1.82) is 0 Å². The molecule has 0 spiro atoms. The lowest BCUT2D eigenvalue weighted by atomic mass is 9.98. The summed E-state index contributed by atoms with van der Waals surface area (Å²) < 4.78 is 52.7. The highest BCUT2D eigenvalue weighted by Gasteiger charge is 2.48. The number of piperidine rings is 1. The average Bonchev–Trinajstić information content (AvgIpc) is 2.94. The number of imide groups is 1. The number of hydrogen-bond donors (Lipinski definition) is 0. The summed E-state index contributed by atoms with van der Waals surface area (Å²) in [5.74, 6) is -2.71. The second-order valence-corrected chi connectivity index (χ2v) is 10.6. The molecule has 4 rings (SSSR count). The number of nitrogens with zero attached hydrogens (tertiary/aromatic N) is 2. The average molecular weight is 434 g/mol. The summed E-state index contributed by atoms with van der Waals surface area (Å²) in [6.07, 6.45) is 0.687. The Balaban J connectivity index is 1.62. The molecule has 29 heavy (non-hydrogen) atoms. The Hall–Kier alpha value is -2.56. The van der Waals surface area contributed by atoms with Crippen LogP contribution < -0.4 is 0 Å². The molecule has 152 valence electrons. The summed E-state index contributed by atoms with van der Waals surface area (Å²) in [6.45, 7) is 0.0492. The predicted octanol–water partition coefficient (Wildman–Crippen LogP) is 1.46. The minimum Gasteiger partial charge on any atom is -0.273 e. The van der Waals surface area contributed by atoms with E-state index in [1.807, 2.05) is 0 Å². The molecule has 2 aromatic rings. The predicted molar refractivity (Wildman–Crippen MR) is 103 cm³/mol. The molecule has 1 unspecified atom stereocenters. The highest BCUT2D eigenvalue weighted by atomic mass is 32.2. The van der Waals surface area contributed by atoms with Crippen LogP contribution in [-0.4, -0.2) is 50.3 Å². The number of fused-ring (bicyclic) bond motifs is 1. The second-order valence-electron chi connectivity index (χ2n) is 6.92. The number of amides is 2. The summed E-state index contributed by atoms with van der Waals surface area (Å²) in [5.41, 5.74) is -0.0505. The third-order valence-electron chi connectivity index (χ3n) is 5.13. The van der Waals surface area contributed by atoms with Crippen LogP contribution in [0.5, 0.6) is 0 Å². The number of carbonyl (C=O) groups excluding carboxylic acids is 2. The molecule has 0 saturated carbocycles. The van der Waals surface area contributed by atoms with Crippen LogP contribution in [-0.2, 0) is 24.8 Å². The fourth-order valence-electron chi connectivity index (χ4n) is 3.67. The minimum absolute atomic E-state index is 0.0505. The van der Waals surface area contributed by atoms with E-state index in [0.717, 1.165) is 0 Å². The molecule has 0 N–H and O–H groups in total. The molecular formula is C19H18N2O6S2. The van der Waals surface area contributed by atoms with Crippen LogP contribution in [0.3, 0.4) is 0 Å². The number of benzene rings is 2. The van der Waals surface area contributed by atoms with Crippen molar-refractivity contribution in [1.82, 2.24) is 8.61 Å². The van der Waals surface area contributed by atoms with Crippen molar-refractivity contribution in [2.75, 3.05) is 13.1 Å². The van der Waals surface area contributed by atoms with Gasteiger partial charge in [-0.05, 0) is 37.1 Å². The van der Waals surface area contributed by atoms with Crippen LogP contribution in [0.25, 0.3) is 0 Å². The molecule has 2 amide bonds. The van der Waals surface area contributed by atoms with Crippen molar-refractivity contribution in [3.8, 4) is 0 Å². The Labute approximate surface area is 168 Å². The number of carbonyl (C=O) groups is 2. The van der Waals surface area contributed by atoms with E-state index in [4.69, 9.17) is 0 Å². The molecule has 0 radical (unpaired) electrons. The minimum atomic E-state index is -4.28.